The molecule has 1 unspecified atom stereocenters. The third kappa shape index (κ3) is 2.89. The zero-order valence-corrected chi connectivity index (χ0v) is 12.3. The first-order valence-corrected chi connectivity index (χ1v) is 6.95. The molecule has 2 aromatic carbocycles. The van der Waals surface area contributed by atoms with Crippen LogP contribution >= 0.6 is 15.9 Å². The van der Waals surface area contributed by atoms with Gasteiger partial charge in [-0.05, 0) is 35.2 Å². The highest BCUT2D eigenvalue weighted by atomic mass is 79.9. The fraction of sp³-hybridized carbons (Fsp3) is 0.176. The molecule has 2 rings (SSSR count). The summed E-state index contributed by atoms with van der Waals surface area (Å²) in [6.07, 6.45) is 5.91. The fourth-order valence-corrected chi connectivity index (χ4v) is 2.23. The Morgan fingerprint density at radius 2 is 1.53 bits per heavy atom. The second-order valence-corrected chi connectivity index (χ2v) is 5.36. The summed E-state index contributed by atoms with van der Waals surface area (Å²) in [6.45, 7) is 1.88. The highest BCUT2D eigenvalue weighted by Crippen LogP contribution is 2.27. The molecule has 1 N–H and O–H groups in total. The van der Waals surface area contributed by atoms with E-state index < -0.39 is 5.60 Å². The van der Waals surface area contributed by atoms with Crippen molar-refractivity contribution in [2.75, 3.05) is 0 Å². The van der Waals surface area contributed by atoms with Crippen molar-refractivity contribution in [2.24, 2.45) is 0 Å². The lowest BCUT2D eigenvalue weighted by Gasteiger charge is -2.20. The van der Waals surface area contributed by atoms with Gasteiger partial charge in [-0.1, -0.05) is 65.2 Å². The van der Waals surface area contributed by atoms with E-state index >= 15 is 0 Å². The van der Waals surface area contributed by atoms with Gasteiger partial charge in [0.15, 0.2) is 0 Å². The van der Waals surface area contributed by atoms with Crippen LogP contribution in [0.25, 0.3) is 11.1 Å². The molecule has 0 aliphatic heterocycles. The summed E-state index contributed by atoms with van der Waals surface area (Å²) in [5.74, 6) is 2.46. The van der Waals surface area contributed by atoms with E-state index in [1.54, 1.807) is 0 Å². The van der Waals surface area contributed by atoms with Crippen LogP contribution in [0.2, 0.25) is 0 Å². The zero-order valence-electron chi connectivity index (χ0n) is 10.7. The number of halogens is 1. The Bertz CT molecular complexity index is 593. The van der Waals surface area contributed by atoms with Crippen LogP contribution in [-0.4, -0.2) is 5.11 Å². The van der Waals surface area contributed by atoms with Crippen LogP contribution in [-0.2, 0) is 5.60 Å². The summed E-state index contributed by atoms with van der Waals surface area (Å²) in [4.78, 5) is 0. The molecule has 0 saturated carbocycles. The zero-order chi connectivity index (χ0) is 13.9. The first kappa shape index (κ1) is 13.9. The van der Waals surface area contributed by atoms with E-state index in [0.717, 1.165) is 21.2 Å². The Balaban J connectivity index is 2.34. The van der Waals surface area contributed by atoms with E-state index in [1.165, 1.54) is 0 Å². The van der Waals surface area contributed by atoms with Crippen molar-refractivity contribution in [3.8, 4) is 23.5 Å². The van der Waals surface area contributed by atoms with Crippen LogP contribution in [0.3, 0.4) is 0 Å². The van der Waals surface area contributed by atoms with E-state index in [9.17, 15) is 5.11 Å². The van der Waals surface area contributed by atoms with Crippen molar-refractivity contribution in [1.29, 1.82) is 0 Å². The molecule has 0 amide bonds. The van der Waals surface area contributed by atoms with Gasteiger partial charge in [0.1, 0.15) is 5.60 Å². The molecule has 2 aromatic rings. The van der Waals surface area contributed by atoms with Gasteiger partial charge >= 0.3 is 0 Å². The number of rotatable bonds is 3. The standard InChI is InChI=1S/C17H15BrO/c1-3-17(19,4-2)15-9-5-13(6-10-15)14-7-11-16(18)12-8-14/h1,5-12,19H,4H2,2H3. The maximum atomic E-state index is 10.3. The van der Waals surface area contributed by atoms with Crippen molar-refractivity contribution in [1.82, 2.24) is 0 Å². The lowest BCUT2D eigenvalue weighted by Crippen LogP contribution is -2.21. The second-order valence-electron chi connectivity index (χ2n) is 4.44. The van der Waals surface area contributed by atoms with E-state index in [0.29, 0.717) is 6.42 Å². The number of hydrogen-bond acceptors (Lipinski definition) is 1. The van der Waals surface area contributed by atoms with Gasteiger partial charge in [-0.25, -0.2) is 0 Å². The summed E-state index contributed by atoms with van der Waals surface area (Å²) >= 11 is 3.42. The third-order valence-corrected chi connectivity index (χ3v) is 3.82. The van der Waals surface area contributed by atoms with Gasteiger partial charge in [0.2, 0.25) is 0 Å². The Hall–Kier alpha value is -1.56. The largest absolute Gasteiger partial charge is 0.373 e. The molecule has 0 heterocycles. The number of benzene rings is 2. The van der Waals surface area contributed by atoms with Crippen molar-refractivity contribution >= 4 is 15.9 Å². The van der Waals surface area contributed by atoms with Gasteiger partial charge in [-0.15, -0.1) is 6.42 Å². The highest BCUT2D eigenvalue weighted by Gasteiger charge is 2.23. The maximum absolute atomic E-state index is 10.3. The van der Waals surface area contributed by atoms with Crippen molar-refractivity contribution in [3.05, 3.63) is 58.6 Å². The Kier molecular flexibility index (Phi) is 4.09. The molecular formula is C17H15BrO. The van der Waals surface area contributed by atoms with Crippen molar-refractivity contribution in [3.63, 3.8) is 0 Å². The molecule has 0 saturated heterocycles. The van der Waals surface area contributed by atoms with Gasteiger partial charge in [-0.3, -0.25) is 0 Å². The van der Waals surface area contributed by atoms with Gasteiger partial charge in [0, 0.05) is 4.47 Å². The fourth-order valence-electron chi connectivity index (χ4n) is 1.97. The molecule has 96 valence electrons. The van der Waals surface area contributed by atoms with E-state index in [2.05, 4.69) is 21.9 Å². The summed E-state index contributed by atoms with van der Waals surface area (Å²) < 4.78 is 1.06. The van der Waals surface area contributed by atoms with Gasteiger partial charge in [-0.2, -0.15) is 0 Å². The lowest BCUT2D eigenvalue weighted by atomic mass is 9.90. The quantitative estimate of drug-likeness (QED) is 0.835. The molecule has 0 fully saturated rings. The summed E-state index contributed by atoms with van der Waals surface area (Å²) in [5.41, 5.74) is 1.83. The van der Waals surface area contributed by atoms with Gasteiger partial charge in [0.25, 0.3) is 0 Å². The SMILES string of the molecule is C#CC(O)(CC)c1ccc(-c2ccc(Br)cc2)cc1. The highest BCUT2D eigenvalue weighted by molar-refractivity contribution is 9.10. The van der Waals surface area contributed by atoms with Crippen LogP contribution in [0.5, 0.6) is 0 Å². The van der Waals surface area contributed by atoms with E-state index in [1.807, 2.05) is 55.5 Å². The predicted molar refractivity (Wildman–Crippen MR) is 82.6 cm³/mol. The molecule has 2 heteroatoms. The Morgan fingerprint density at radius 3 is 1.95 bits per heavy atom. The minimum atomic E-state index is -1.17. The minimum absolute atomic E-state index is 0.501. The van der Waals surface area contributed by atoms with Crippen LogP contribution in [0.15, 0.2) is 53.0 Å². The molecule has 19 heavy (non-hydrogen) atoms. The monoisotopic (exact) mass is 314 g/mol. The molecule has 1 atom stereocenters. The molecule has 1 nitrogen and oxygen atoms in total. The number of hydrogen-bond donors (Lipinski definition) is 1. The van der Waals surface area contributed by atoms with E-state index in [4.69, 9.17) is 6.42 Å². The van der Waals surface area contributed by atoms with Crippen molar-refractivity contribution in [2.45, 2.75) is 18.9 Å². The van der Waals surface area contributed by atoms with Crippen LogP contribution in [0.4, 0.5) is 0 Å². The molecular weight excluding hydrogens is 300 g/mol. The summed E-state index contributed by atoms with van der Waals surface area (Å²) in [7, 11) is 0. The Morgan fingerprint density at radius 1 is 1.05 bits per heavy atom. The maximum Gasteiger partial charge on any atom is 0.150 e. The molecule has 0 aliphatic rings. The second kappa shape index (κ2) is 5.61. The van der Waals surface area contributed by atoms with Gasteiger partial charge < -0.3 is 5.11 Å². The molecule has 0 aromatic heterocycles. The summed E-state index contributed by atoms with van der Waals surface area (Å²) in [5, 5.41) is 10.3. The first-order chi connectivity index (χ1) is 9.09. The van der Waals surface area contributed by atoms with Crippen LogP contribution in [0, 0.1) is 12.3 Å². The Labute approximate surface area is 122 Å². The lowest BCUT2D eigenvalue weighted by molar-refractivity contribution is 0.0962. The topological polar surface area (TPSA) is 20.2 Å². The van der Waals surface area contributed by atoms with Gasteiger partial charge in [0.05, 0.1) is 0 Å². The average molecular weight is 315 g/mol. The number of aliphatic hydroxyl groups is 1. The van der Waals surface area contributed by atoms with Crippen molar-refractivity contribution < 1.29 is 5.11 Å². The molecule has 0 bridgehead atoms. The normalized spacial score (nSPS) is 13.6. The molecule has 0 aliphatic carbocycles. The third-order valence-electron chi connectivity index (χ3n) is 3.29. The number of terminal acetylenes is 1. The minimum Gasteiger partial charge on any atom is -0.373 e. The summed E-state index contributed by atoms with van der Waals surface area (Å²) in [6, 6.07) is 15.9. The van der Waals surface area contributed by atoms with Crippen LogP contribution in [0.1, 0.15) is 18.9 Å². The predicted octanol–water partition coefficient (Wildman–Crippen LogP) is 4.35. The van der Waals surface area contributed by atoms with E-state index in [-0.39, 0.29) is 0 Å². The molecule has 0 spiro atoms. The molecule has 0 radical (unpaired) electrons. The first-order valence-electron chi connectivity index (χ1n) is 6.15. The average Bonchev–Trinajstić information content (AvgIpc) is 2.47. The smallest absolute Gasteiger partial charge is 0.150 e. The van der Waals surface area contributed by atoms with Crippen LogP contribution < -0.4 is 0 Å².